The molecule has 0 aliphatic rings. The van der Waals surface area contributed by atoms with Crippen LogP contribution in [-0.4, -0.2) is 31.8 Å². The first-order valence-corrected chi connectivity index (χ1v) is 7.86. The molecule has 0 fully saturated rings. The molecule has 1 aromatic carbocycles. The fraction of sp³-hybridized carbons (Fsp3) is 0.500. The Labute approximate surface area is 119 Å². The van der Waals surface area contributed by atoms with E-state index in [1.807, 2.05) is 26.0 Å². The van der Waals surface area contributed by atoms with Crippen molar-refractivity contribution in [2.24, 2.45) is 5.41 Å². The summed E-state index contributed by atoms with van der Waals surface area (Å²) in [6.07, 6.45) is 1.02. The summed E-state index contributed by atoms with van der Waals surface area (Å²) in [5.74, 6) is -0.637. The van der Waals surface area contributed by atoms with Crippen LogP contribution in [-0.2, 0) is 21.3 Å². The number of carbonyl (C=O) groups excluding carboxylic acids is 1. The summed E-state index contributed by atoms with van der Waals surface area (Å²) in [5.41, 5.74) is 1.22. The van der Waals surface area contributed by atoms with E-state index in [1.54, 1.807) is 12.1 Å². The Hall–Kier alpha value is -1.40. The van der Waals surface area contributed by atoms with Gasteiger partial charge in [-0.1, -0.05) is 26.0 Å². The summed E-state index contributed by atoms with van der Waals surface area (Å²) in [5, 5.41) is 0. The van der Waals surface area contributed by atoms with Crippen molar-refractivity contribution in [2.45, 2.75) is 26.7 Å². The average Bonchev–Trinajstić information content (AvgIpc) is 2.35. The van der Waals surface area contributed by atoms with Gasteiger partial charge >= 0.3 is 5.97 Å². The fourth-order valence-electron chi connectivity index (χ4n) is 1.92. The van der Waals surface area contributed by atoms with E-state index in [-0.39, 0.29) is 17.1 Å². The van der Waals surface area contributed by atoms with Crippen LogP contribution in [0.1, 0.15) is 36.2 Å². The van der Waals surface area contributed by atoms with Gasteiger partial charge in [-0.05, 0) is 36.0 Å². The van der Waals surface area contributed by atoms with Crippen molar-refractivity contribution in [2.75, 3.05) is 12.9 Å². The molecule has 0 bridgehead atoms. The highest BCUT2D eigenvalue weighted by atomic mass is 32.2. The predicted molar refractivity (Wildman–Crippen MR) is 76.3 cm³/mol. The average molecular weight is 300 g/mol. The first-order valence-electron chi connectivity index (χ1n) is 6.25. The highest BCUT2D eigenvalue weighted by Crippen LogP contribution is 2.26. The number of methoxy groups -OCH3 is 1. The van der Waals surface area contributed by atoms with Crippen LogP contribution >= 0.6 is 0 Å². The lowest BCUT2D eigenvalue weighted by atomic mass is 9.83. The largest absolute Gasteiger partial charge is 0.465 e. The SMILES string of the molecule is COC(=O)c1ccc(CC(C)(C)CCS(=O)(=O)O)cc1. The molecule has 6 heteroatoms. The number of hydrogen-bond acceptors (Lipinski definition) is 4. The third kappa shape index (κ3) is 5.71. The number of esters is 1. The molecule has 0 unspecified atom stereocenters. The van der Waals surface area contributed by atoms with Crippen molar-refractivity contribution >= 4 is 16.1 Å². The van der Waals surface area contributed by atoms with E-state index < -0.39 is 10.1 Å². The van der Waals surface area contributed by atoms with Crippen LogP contribution in [0.2, 0.25) is 0 Å². The van der Waals surface area contributed by atoms with Gasteiger partial charge in [-0.25, -0.2) is 4.79 Å². The molecule has 0 aliphatic carbocycles. The summed E-state index contributed by atoms with van der Waals surface area (Å²) in [4.78, 5) is 11.3. The molecule has 0 aromatic heterocycles. The molecule has 1 aromatic rings. The third-order valence-electron chi connectivity index (χ3n) is 3.09. The molecule has 0 saturated heterocycles. The lowest BCUT2D eigenvalue weighted by molar-refractivity contribution is 0.0600. The van der Waals surface area contributed by atoms with E-state index >= 15 is 0 Å². The maximum Gasteiger partial charge on any atom is 0.337 e. The predicted octanol–water partition coefficient (Wildman–Crippen LogP) is 2.32. The normalized spacial score (nSPS) is 12.2. The summed E-state index contributed by atoms with van der Waals surface area (Å²) in [7, 11) is -2.60. The summed E-state index contributed by atoms with van der Waals surface area (Å²) >= 11 is 0. The van der Waals surface area contributed by atoms with Crippen molar-refractivity contribution in [3.05, 3.63) is 35.4 Å². The van der Waals surface area contributed by atoms with Gasteiger partial charge in [-0.3, -0.25) is 4.55 Å². The minimum atomic E-state index is -3.93. The second kappa shape index (κ2) is 6.37. The van der Waals surface area contributed by atoms with Crippen LogP contribution in [0.5, 0.6) is 0 Å². The molecule has 0 amide bonds. The third-order valence-corrected chi connectivity index (χ3v) is 3.81. The van der Waals surface area contributed by atoms with Gasteiger partial charge in [0.05, 0.1) is 18.4 Å². The molecule has 1 rings (SSSR count). The minimum absolute atomic E-state index is 0.250. The van der Waals surface area contributed by atoms with Crippen LogP contribution in [0.4, 0.5) is 0 Å². The maximum absolute atomic E-state index is 11.3. The molecular formula is C14H20O5S. The molecule has 112 valence electrons. The van der Waals surface area contributed by atoms with Gasteiger partial charge in [0.1, 0.15) is 0 Å². The Kier molecular flexibility index (Phi) is 5.30. The van der Waals surface area contributed by atoms with E-state index in [1.165, 1.54) is 7.11 Å². The van der Waals surface area contributed by atoms with Gasteiger partial charge in [-0.2, -0.15) is 8.42 Å². The molecule has 0 heterocycles. The van der Waals surface area contributed by atoms with E-state index in [2.05, 4.69) is 4.74 Å². The number of hydrogen-bond donors (Lipinski definition) is 1. The summed E-state index contributed by atoms with van der Waals surface area (Å²) in [6, 6.07) is 7.00. The van der Waals surface area contributed by atoms with E-state index in [4.69, 9.17) is 4.55 Å². The smallest absolute Gasteiger partial charge is 0.337 e. The van der Waals surface area contributed by atoms with Gasteiger partial charge < -0.3 is 4.74 Å². The molecule has 1 N–H and O–H groups in total. The second-order valence-corrected chi connectivity index (χ2v) is 7.14. The van der Waals surface area contributed by atoms with Gasteiger partial charge in [-0.15, -0.1) is 0 Å². The molecule has 0 aliphatic heterocycles. The van der Waals surface area contributed by atoms with Gasteiger partial charge in [0.2, 0.25) is 0 Å². The molecule has 0 radical (unpaired) electrons. The first-order chi connectivity index (χ1) is 9.13. The minimum Gasteiger partial charge on any atom is -0.465 e. The fourth-order valence-corrected chi connectivity index (χ4v) is 2.73. The first kappa shape index (κ1) is 16.7. The van der Waals surface area contributed by atoms with Crippen molar-refractivity contribution in [3.63, 3.8) is 0 Å². The lowest BCUT2D eigenvalue weighted by Gasteiger charge is -2.24. The molecule has 0 saturated carbocycles. The Morgan fingerprint density at radius 2 is 1.80 bits per heavy atom. The number of rotatable bonds is 6. The van der Waals surface area contributed by atoms with Gasteiger partial charge in [0.25, 0.3) is 10.1 Å². The second-order valence-electron chi connectivity index (χ2n) is 5.57. The molecule has 5 nitrogen and oxygen atoms in total. The molecule has 0 spiro atoms. The highest BCUT2D eigenvalue weighted by molar-refractivity contribution is 7.85. The van der Waals surface area contributed by atoms with Crippen molar-refractivity contribution < 1.29 is 22.5 Å². The molecular weight excluding hydrogens is 280 g/mol. The monoisotopic (exact) mass is 300 g/mol. The molecule has 20 heavy (non-hydrogen) atoms. The Morgan fingerprint density at radius 3 is 2.25 bits per heavy atom. The zero-order chi connectivity index (χ0) is 15.4. The van der Waals surface area contributed by atoms with Crippen LogP contribution in [0, 0.1) is 5.41 Å². The quantitative estimate of drug-likeness (QED) is 0.644. The maximum atomic E-state index is 11.3. The summed E-state index contributed by atoms with van der Waals surface area (Å²) in [6.45, 7) is 3.87. The zero-order valence-corrected chi connectivity index (χ0v) is 12.7. The van der Waals surface area contributed by atoms with Gasteiger partial charge in [0, 0.05) is 0 Å². The number of benzene rings is 1. The molecule has 0 atom stereocenters. The Morgan fingerprint density at radius 1 is 1.25 bits per heavy atom. The van der Waals surface area contributed by atoms with Crippen LogP contribution in [0.25, 0.3) is 0 Å². The van der Waals surface area contributed by atoms with Crippen molar-refractivity contribution in [1.82, 2.24) is 0 Å². The van der Waals surface area contributed by atoms with Crippen molar-refractivity contribution in [1.29, 1.82) is 0 Å². The Bertz CT molecular complexity index is 558. The van der Waals surface area contributed by atoms with Gasteiger partial charge in [0.15, 0.2) is 0 Å². The number of ether oxygens (including phenoxy) is 1. The van der Waals surface area contributed by atoms with Crippen LogP contribution in [0.3, 0.4) is 0 Å². The standard InChI is InChI=1S/C14H20O5S/c1-14(2,8-9-20(16,17)18)10-11-4-6-12(7-5-11)13(15)19-3/h4-7H,8-10H2,1-3H3,(H,16,17,18). The van der Waals surface area contributed by atoms with Crippen LogP contribution in [0.15, 0.2) is 24.3 Å². The topological polar surface area (TPSA) is 80.7 Å². The zero-order valence-electron chi connectivity index (χ0n) is 11.9. The highest BCUT2D eigenvalue weighted by Gasteiger charge is 2.21. The summed E-state index contributed by atoms with van der Waals surface area (Å²) < 4.78 is 35.0. The lowest BCUT2D eigenvalue weighted by Crippen LogP contribution is -2.20. The van der Waals surface area contributed by atoms with E-state index in [0.29, 0.717) is 18.4 Å². The Balaban J connectivity index is 2.70. The van der Waals surface area contributed by atoms with Crippen molar-refractivity contribution in [3.8, 4) is 0 Å². The van der Waals surface area contributed by atoms with E-state index in [9.17, 15) is 13.2 Å². The number of carbonyl (C=O) groups is 1. The van der Waals surface area contributed by atoms with E-state index in [0.717, 1.165) is 5.56 Å². The van der Waals surface area contributed by atoms with Crippen LogP contribution < -0.4 is 0 Å².